The Balaban J connectivity index is 1.19. The first kappa shape index (κ1) is 37.4. The number of carbonyl (C=O) groups excluding carboxylic acids is 3. The molecule has 272 valence electrons. The van der Waals surface area contributed by atoms with Gasteiger partial charge in [-0.25, -0.2) is 4.98 Å². The minimum Gasteiger partial charge on any atom is -0.496 e. The lowest BCUT2D eigenvalue weighted by Crippen LogP contribution is -2.30. The molecule has 12 heteroatoms. The zero-order chi connectivity index (χ0) is 37.9. The van der Waals surface area contributed by atoms with E-state index in [2.05, 4.69) is 20.9 Å². The molecule has 0 bridgehead atoms. The number of benzene rings is 5. The number of hydrogen-bond acceptors (Lipinski definition) is 9. The molecule has 0 aliphatic heterocycles. The Morgan fingerprint density at radius 1 is 0.722 bits per heavy atom. The first-order valence-electron chi connectivity index (χ1n) is 16.7. The number of rotatable bonds is 14. The second-order valence-corrected chi connectivity index (χ2v) is 13.6. The van der Waals surface area contributed by atoms with E-state index >= 15 is 0 Å². The molecule has 0 spiro atoms. The lowest BCUT2D eigenvalue weighted by atomic mass is 10.1. The maximum Gasteiger partial charge on any atom is 0.272 e. The Kier molecular flexibility index (Phi) is 12.4. The van der Waals surface area contributed by atoms with Crippen LogP contribution in [0.3, 0.4) is 0 Å². The summed E-state index contributed by atoms with van der Waals surface area (Å²) in [6, 6.07) is 38.0. The van der Waals surface area contributed by atoms with Gasteiger partial charge in [0.2, 0.25) is 5.91 Å². The predicted molar refractivity (Wildman–Crippen MR) is 214 cm³/mol. The molecule has 3 amide bonds. The third kappa shape index (κ3) is 9.34. The van der Waals surface area contributed by atoms with Gasteiger partial charge in [-0.05, 0) is 77.9 Å². The van der Waals surface area contributed by atoms with E-state index in [1.807, 2.05) is 72.1 Å². The maximum absolute atomic E-state index is 13.8. The molecule has 0 radical (unpaired) electrons. The van der Waals surface area contributed by atoms with E-state index in [1.54, 1.807) is 73.8 Å². The van der Waals surface area contributed by atoms with Crippen LogP contribution in [-0.2, 0) is 9.59 Å². The highest BCUT2D eigenvalue weighted by Gasteiger charge is 2.24. The lowest BCUT2D eigenvalue weighted by Gasteiger charge is -2.17. The lowest BCUT2D eigenvalue weighted by molar-refractivity contribution is -0.116. The molecule has 0 saturated heterocycles. The van der Waals surface area contributed by atoms with E-state index in [4.69, 9.17) is 14.2 Å². The van der Waals surface area contributed by atoms with Crippen LogP contribution in [0.1, 0.15) is 26.7 Å². The number of thioether (sulfide) groups is 1. The van der Waals surface area contributed by atoms with Crippen molar-refractivity contribution < 1.29 is 28.6 Å². The molecule has 1 heterocycles. The van der Waals surface area contributed by atoms with Crippen molar-refractivity contribution in [2.75, 3.05) is 32.0 Å². The number of thiazole rings is 1. The molecule has 6 rings (SSSR count). The Bertz CT molecular complexity index is 2260. The van der Waals surface area contributed by atoms with Gasteiger partial charge in [0.25, 0.3) is 11.8 Å². The summed E-state index contributed by atoms with van der Waals surface area (Å²) in [5, 5.41) is 10.4. The SMILES string of the molecule is COc1ccc(/C=C(\NC(=O)c2ccccc2)C(=O)Nc2ccc(SC(C(=O)Nc3nc(-c4ccccc4OC)cs3)c3ccccc3)cc2)cc1OC. The zero-order valence-electron chi connectivity index (χ0n) is 29.6. The van der Waals surface area contributed by atoms with Crippen LogP contribution >= 0.6 is 23.1 Å². The molecule has 0 fully saturated rings. The minimum absolute atomic E-state index is 0.0198. The molecule has 0 aliphatic rings. The fraction of sp³-hybridized carbons (Fsp3) is 0.0952. The fourth-order valence-corrected chi connectivity index (χ4v) is 7.12. The number of ether oxygens (including phenoxy) is 3. The number of anilines is 2. The van der Waals surface area contributed by atoms with Gasteiger partial charge in [0.05, 0.1) is 27.0 Å². The van der Waals surface area contributed by atoms with Crippen molar-refractivity contribution in [3.8, 4) is 28.5 Å². The number of carbonyl (C=O) groups is 3. The van der Waals surface area contributed by atoms with E-state index in [0.29, 0.717) is 44.9 Å². The van der Waals surface area contributed by atoms with Gasteiger partial charge in [-0.1, -0.05) is 66.7 Å². The van der Waals surface area contributed by atoms with Crippen molar-refractivity contribution in [3.63, 3.8) is 0 Å². The van der Waals surface area contributed by atoms with Crippen molar-refractivity contribution in [1.29, 1.82) is 0 Å². The third-order valence-corrected chi connectivity index (χ3v) is 10.1. The van der Waals surface area contributed by atoms with E-state index in [1.165, 1.54) is 37.3 Å². The normalized spacial score (nSPS) is 11.6. The molecule has 0 aliphatic carbocycles. The van der Waals surface area contributed by atoms with Crippen molar-refractivity contribution in [1.82, 2.24) is 10.3 Å². The van der Waals surface area contributed by atoms with E-state index < -0.39 is 17.1 Å². The van der Waals surface area contributed by atoms with Crippen molar-refractivity contribution in [3.05, 3.63) is 155 Å². The van der Waals surface area contributed by atoms with Gasteiger partial charge in [0.15, 0.2) is 16.6 Å². The summed E-state index contributed by atoms with van der Waals surface area (Å²) in [6.07, 6.45) is 1.56. The summed E-state index contributed by atoms with van der Waals surface area (Å²) in [5.74, 6) is 0.486. The van der Waals surface area contributed by atoms with Crippen LogP contribution in [0.4, 0.5) is 10.8 Å². The Labute approximate surface area is 321 Å². The average Bonchev–Trinajstić information content (AvgIpc) is 3.68. The largest absolute Gasteiger partial charge is 0.496 e. The van der Waals surface area contributed by atoms with E-state index in [0.717, 1.165) is 16.0 Å². The van der Waals surface area contributed by atoms with Crippen LogP contribution < -0.4 is 30.2 Å². The molecule has 1 atom stereocenters. The topological polar surface area (TPSA) is 128 Å². The molecule has 1 aromatic heterocycles. The summed E-state index contributed by atoms with van der Waals surface area (Å²) in [7, 11) is 4.67. The molecule has 3 N–H and O–H groups in total. The van der Waals surface area contributed by atoms with Crippen LogP contribution in [-0.4, -0.2) is 44.0 Å². The number of amides is 3. The smallest absolute Gasteiger partial charge is 0.272 e. The monoisotopic (exact) mass is 756 g/mol. The first-order valence-corrected chi connectivity index (χ1v) is 18.4. The van der Waals surface area contributed by atoms with E-state index in [9.17, 15) is 14.4 Å². The van der Waals surface area contributed by atoms with Gasteiger partial charge in [0, 0.05) is 27.1 Å². The number of methoxy groups -OCH3 is 3. The Morgan fingerprint density at radius 3 is 2.09 bits per heavy atom. The molecule has 54 heavy (non-hydrogen) atoms. The van der Waals surface area contributed by atoms with Gasteiger partial charge in [-0.2, -0.15) is 0 Å². The molecular weight excluding hydrogens is 721 g/mol. The molecule has 5 aromatic carbocycles. The quantitative estimate of drug-likeness (QED) is 0.0744. The van der Waals surface area contributed by atoms with Crippen LogP contribution in [0.5, 0.6) is 17.2 Å². The van der Waals surface area contributed by atoms with Gasteiger partial charge < -0.3 is 30.2 Å². The van der Waals surface area contributed by atoms with Gasteiger partial charge >= 0.3 is 0 Å². The fourth-order valence-electron chi connectivity index (χ4n) is 5.39. The van der Waals surface area contributed by atoms with Crippen LogP contribution in [0.2, 0.25) is 0 Å². The molecule has 0 saturated carbocycles. The average molecular weight is 757 g/mol. The second kappa shape index (κ2) is 17.9. The summed E-state index contributed by atoms with van der Waals surface area (Å²) in [5.41, 5.74) is 3.87. The van der Waals surface area contributed by atoms with Gasteiger partial charge in [-0.15, -0.1) is 23.1 Å². The summed E-state index contributed by atoms with van der Waals surface area (Å²) in [4.78, 5) is 46.1. The number of nitrogens with one attached hydrogen (secondary N) is 3. The van der Waals surface area contributed by atoms with Crippen LogP contribution in [0.15, 0.2) is 143 Å². The van der Waals surface area contributed by atoms with Crippen LogP contribution in [0.25, 0.3) is 17.3 Å². The summed E-state index contributed by atoms with van der Waals surface area (Å²) in [6.45, 7) is 0. The Morgan fingerprint density at radius 2 is 1.39 bits per heavy atom. The number of hydrogen-bond donors (Lipinski definition) is 3. The molecule has 10 nitrogen and oxygen atoms in total. The summed E-state index contributed by atoms with van der Waals surface area (Å²) < 4.78 is 16.3. The van der Waals surface area contributed by atoms with Crippen molar-refractivity contribution >= 4 is 57.7 Å². The minimum atomic E-state index is -0.602. The predicted octanol–water partition coefficient (Wildman–Crippen LogP) is 8.72. The molecule has 1 unspecified atom stereocenters. The molecular formula is C42H36N4O6S2. The van der Waals surface area contributed by atoms with Crippen LogP contribution in [0, 0.1) is 0 Å². The number of para-hydroxylation sites is 1. The summed E-state index contributed by atoms with van der Waals surface area (Å²) >= 11 is 2.70. The highest BCUT2D eigenvalue weighted by molar-refractivity contribution is 8.00. The van der Waals surface area contributed by atoms with E-state index in [-0.39, 0.29) is 11.6 Å². The highest BCUT2D eigenvalue weighted by atomic mass is 32.2. The first-order chi connectivity index (χ1) is 26.3. The van der Waals surface area contributed by atoms with Gasteiger partial charge in [0.1, 0.15) is 16.7 Å². The second-order valence-electron chi connectivity index (χ2n) is 11.6. The van der Waals surface area contributed by atoms with Crippen molar-refractivity contribution in [2.24, 2.45) is 0 Å². The highest BCUT2D eigenvalue weighted by Crippen LogP contribution is 2.38. The van der Waals surface area contributed by atoms with Gasteiger partial charge in [-0.3, -0.25) is 14.4 Å². The molecule has 6 aromatic rings. The standard InChI is InChI=1S/C42H36N4O6S2/c1-50-35-17-11-10-16-32(35)34-26-53-42(45-34)46-41(49)38(28-12-6-4-7-13-28)54-31-21-19-30(20-22-31)43-40(48)33(44-39(47)29-14-8-5-9-15-29)24-27-18-23-36(51-2)37(25-27)52-3/h4-26,38H,1-3H3,(H,43,48)(H,44,47)(H,45,46,49)/b33-24-. The number of nitrogens with zero attached hydrogens (tertiary/aromatic N) is 1. The zero-order valence-corrected chi connectivity index (χ0v) is 31.2. The van der Waals surface area contributed by atoms with Crippen molar-refractivity contribution in [2.45, 2.75) is 10.1 Å². The number of aromatic nitrogens is 1. The maximum atomic E-state index is 13.8. The Hall–Kier alpha value is -6.37. The third-order valence-electron chi connectivity index (χ3n) is 8.07.